The molecule has 8 heteroatoms. The molecule has 0 spiro atoms. The highest BCUT2D eigenvalue weighted by atomic mass is 19.1. The van der Waals surface area contributed by atoms with E-state index in [1.54, 1.807) is 31.2 Å². The molecule has 0 aliphatic heterocycles. The van der Waals surface area contributed by atoms with E-state index in [4.69, 9.17) is 0 Å². The summed E-state index contributed by atoms with van der Waals surface area (Å²) in [5.74, 6) is -2.79. The highest BCUT2D eigenvalue weighted by molar-refractivity contribution is 6.39. The third-order valence-electron chi connectivity index (χ3n) is 3.82. The first kappa shape index (κ1) is 20.1. The zero-order chi connectivity index (χ0) is 20.0. The predicted octanol–water partition coefficient (Wildman–Crippen LogP) is 1.88. The molecule has 142 valence electrons. The Morgan fingerprint density at radius 3 is 2.26 bits per heavy atom. The van der Waals surface area contributed by atoms with Crippen molar-refractivity contribution >= 4 is 29.1 Å². The first-order valence-electron chi connectivity index (χ1n) is 8.18. The quantitative estimate of drug-likeness (QED) is 0.600. The maximum atomic E-state index is 13.6. The summed E-state index contributed by atoms with van der Waals surface area (Å²) in [6.07, 6.45) is -1.28. The number of aliphatic hydroxyl groups excluding tert-OH is 1. The van der Waals surface area contributed by atoms with Crippen LogP contribution in [0.15, 0.2) is 42.5 Å². The molecule has 0 unspecified atom stereocenters. The molecule has 27 heavy (non-hydrogen) atoms. The lowest BCUT2D eigenvalue weighted by atomic mass is 10.1. The van der Waals surface area contributed by atoms with Gasteiger partial charge in [0.25, 0.3) is 0 Å². The molecule has 0 aromatic heterocycles. The number of aliphatic hydroxyl groups is 1. The van der Waals surface area contributed by atoms with Gasteiger partial charge in [0.1, 0.15) is 5.82 Å². The summed E-state index contributed by atoms with van der Waals surface area (Å²) >= 11 is 0. The van der Waals surface area contributed by atoms with Gasteiger partial charge in [0.15, 0.2) is 0 Å². The molecule has 0 aliphatic rings. The predicted molar refractivity (Wildman–Crippen MR) is 98.5 cm³/mol. The molecule has 0 heterocycles. The summed E-state index contributed by atoms with van der Waals surface area (Å²) < 4.78 is 13.6. The Hall–Kier alpha value is -3.26. The maximum absolute atomic E-state index is 13.6. The second-order valence-corrected chi connectivity index (χ2v) is 5.86. The Bertz CT molecular complexity index is 870. The average Bonchev–Trinajstić information content (AvgIpc) is 2.62. The number of carbonyl (C=O) groups is 3. The average molecular weight is 373 g/mol. The molecule has 0 saturated carbocycles. The van der Waals surface area contributed by atoms with Crippen molar-refractivity contribution in [3.63, 3.8) is 0 Å². The van der Waals surface area contributed by atoms with Crippen molar-refractivity contribution in [2.75, 3.05) is 17.2 Å². The van der Waals surface area contributed by atoms with Gasteiger partial charge in [-0.15, -0.1) is 0 Å². The summed E-state index contributed by atoms with van der Waals surface area (Å²) in [5, 5.41) is 17.3. The molecule has 2 rings (SSSR count). The summed E-state index contributed by atoms with van der Waals surface area (Å²) in [5.41, 5.74) is 1.48. The van der Waals surface area contributed by atoms with Crippen LogP contribution in [-0.2, 0) is 14.4 Å². The van der Waals surface area contributed by atoms with Crippen LogP contribution in [0, 0.1) is 12.7 Å². The number of amides is 3. The molecule has 0 bridgehead atoms. The van der Waals surface area contributed by atoms with Gasteiger partial charge in [-0.3, -0.25) is 14.4 Å². The second kappa shape index (κ2) is 8.91. The van der Waals surface area contributed by atoms with E-state index >= 15 is 0 Å². The molecule has 2 aromatic carbocycles. The Morgan fingerprint density at radius 2 is 1.63 bits per heavy atom. The Morgan fingerprint density at radius 1 is 1.00 bits per heavy atom. The van der Waals surface area contributed by atoms with Crippen LogP contribution in [0.5, 0.6) is 0 Å². The van der Waals surface area contributed by atoms with Gasteiger partial charge in [-0.2, -0.15) is 0 Å². The molecule has 0 fully saturated rings. The third-order valence-corrected chi connectivity index (χ3v) is 3.82. The lowest BCUT2D eigenvalue weighted by Crippen LogP contribution is -2.37. The van der Waals surface area contributed by atoms with E-state index in [-0.39, 0.29) is 18.0 Å². The minimum absolute atomic E-state index is 0.0251. The number of hydrogen-bond acceptors (Lipinski definition) is 4. The topological polar surface area (TPSA) is 108 Å². The molecule has 3 amide bonds. The van der Waals surface area contributed by atoms with Gasteiger partial charge in [-0.1, -0.05) is 24.3 Å². The molecule has 0 aliphatic carbocycles. The molecular weight excluding hydrogens is 353 g/mol. The number of anilines is 2. The molecule has 0 saturated heterocycles. The fourth-order valence-electron chi connectivity index (χ4n) is 2.40. The first-order valence-corrected chi connectivity index (χ1v) is 8.18. The third kappa shape index (κ3) is 5.35. The van der Waals surface area contributed by atoms with Crippen LogP contribution < -0.4 is 16.0 Å². The van der Waals surface area contributed by atoms with Gasteiger partial charge in [0.2, 0.25) is 5.91 Å². The van der Waals surface area contributed by atoms with Crippen LogP contribution >= 0.6 is 0 Å². The highest BCUT2D eigenvalue weighted by Gasteiger charge is 2.18. The van der Waals surface area contributed by atoms with E-state index in [0.717, 1.165) is 0 Å². The number of nitrogens with one attached hydrogen (secondary N) is 3. The van der Waals surface area contributed by atoms with Gasteiger partial charge in [-0.05, 0) is 30.7 Å². The lowest BCUT2D eigenvalue weighted by Gasteiger charge is -2.14. The number of hydrogen-bond donors (Lipinski definition) is 4. The fourth-order valence-corrected chi connectivity index (χ4v) is 2.40. The maximum Gasteiger partial charge on any atom is 0.313 e. The largest absolute Gasteiger partial charge is 0.386 e. The van der Waals surface area contributed by atoms with Gasteiger partial charge >= 0.3 is 11.8 Å². The number of halogens is 1. The zero-order valence-electron chi connectivity index (χ0n) is 14.9. The zero-order valence-corrected chi connectivity index (χ0v) is 14.9. The van der Waals surface area contributed by atoms with E-state index in [0.29, 0.717) is 16.9 Å². The van der Waals surface area contributed by atoms with Crippen molar-refractivity contribution in [1.29, 1.82) is 0 Å². The first-order chi connectivity index (χ1) is 12.8. The second-order valence-electron chi connectivity index (χ2n) is 5.86. The van der Waals surface area contributed by atoms with Crippen LogP contribution in [0.1, 0.15) is 24.2 Å². The standard InChI is InChI=1S/C19H20FN3O4/c1-11-15(22-12(2)24)8-5-9-16(11)23-19(27)18(26)21-10-17(25)13-6-3-4-7-14(13)20/h3-9,17,25H,10H2,1-2H3,(H,21,26)(H,22,24)(H,23,27)/t17-/m0/s1. The molecule has 2 aromatic rings. The number of rotatable bonds is 5. The fraction of sp³-hybridized carbons (Fsp3) is 0.211. The van der Waals surface area contributed by atoms with Gasteiger partial charge in [0.05, 0.1) is 6.10 Å². The van der Waals surface area contributed by atoms with E-state index < -0.39 is 23.7 Å². The molecular formula is C19H20FN3O4. The highest BCUT2D eigenvalue weighted by Crippen LogP contribution is 2.23. The molecule has 0 radical (unpaired) electrons. The minimum atomic E-state index is -1.28. The van der Waals surface area contributed by atoms with E-state index in [1.807, 2.05) is 0 Å². The van der Waals surface area contributed by atoms with Crippen LogP contribution in [-0.4, -0.2) is 29.4 Å². The molecule has 7 nitrogen and oxygen atoms in total. The van der Waals surface area contributed by atoms with E-state index in [2.05, 4.69) is 16.0 Å². The van der Waals surface area contributed by atoms with Gasteiger partial charge in [0, 0.05) is 30.4 Å². The lowest BCUT2D eigenvalue weighted by molar-refractivity contribution is -0.136. The van der Waals surface area contributed by atoms with Crippen molar-refractivity contribution < 1.29 is 23.9 Å². The number of benzene rings is 2. The minimum Gasteiger partial charge on any atom is -0.386 e. The smallest absolute Gasteiger partial charge is 0.313 e. The van der Waals surface area contributed by atoms with Crippen LogP contribution in [0.2, 0.25) is 0 Å². The normalized spacial score (nSPS) is 11.4. The van der Waals surface area contributed by atoms with Crippen molar-refractivity contribution in [2.45, 2.75) is 20.0 Å². The van der Waals surface area contributed by atoms with Crippen molar-refractivity contribution in [1.82, 2.24) is 5.32 Å². The summed E-state index contributed by atoms with van der Waals surface area (Å²) in [7, 11) is 0. The van der Waals surface area contributed by atoms with Crippen molar-refractivity contribution in [3.05, 3.63) is 59.4 Å². The summed E-state index contributed by atoms with van der Waals surface area (Å²) in [4.78, 5) is 35.2. The summed E-state index contributed by atoms with van der Waals surface area (Å²) in [6.45, 7) is 2.72. The molecule has 4 N–H and O–H groups in total. The van der Waals surface area contributed by atoms with Gasteiger partial charge in [-0.25, -0.2) is 4.39 Å². The van der Waals surface area contributed by atoms with E-state index in [9.17, 15) is 23.9 Å². The summed E-state index contributed by atoms with van der Waals surface area (Å²) in [6, 6.07) is 10.5. The van der Waals surface area contributed by atoms with Crippen molar-refractivity contribution in [3.8, 4) is 0 Å². The molecule has 1 atom stereocenters. The monoisotopic (exact) mass is 373 g/mol. The Labute approximate surface area is 155 Å². The van der Waals surface area contributed by atoms with Crippen LogP contribution in [0.4, 0.5) is 15.8 Å². The van der Waals surface area contributed by atoms with E-state index in [1.165, 1.54) is 25.1 Å². The Kier molecular flexibility index (Phi) is 6.62. The van der Waals surface area contributed by atoms with Gasteiger partial charge < -0.3 is 21.1 Å². The number of carbonyl (C=O) groups excluding carboxylic acids is 3. The van der Waals surface area contributed by atoms with Crippen LogP contribution in [0.25, 0.3) is 0 Å². The Balaban J connectivity index is 1.97. The van der Waals surface area contributed by atoms with Crippen molar-refractivity contribution in [2.24, 2.45) is 0 Å². The van der Waals surface area contributed by atoms with Crippen LogP contribution in [0.3, 0.4) is 0 Å². The SMILES string of the molecule is CC(=O)Nc1cccc(NC(=O)C(=O)NC[C@H](O)c2ccccc2F)c1C.